The lowest BCUT2D eigenvalue weighted by Gasteiger charge is -2.20. The number of carbonyl (C=O) groups excluding carboxylic acids is 2. The van der Waals surface area contributed by atoms with Crippen LogP contribution in [-0.2, 0) is 20.7 Å². The molecule has 2 unspecified atom stereocenters. The largest absolute Gasteiger partial charge is 0.467 e. The Kier molecular flexibility index (Phi) is 6.67. The van der Waals surface area contributed by atoms with Crippen LogP contribution in [0.15, 0.2) is 48.7 Å². The maximum atomic E-state index is 12.7. The van der Waals surface area contributed by atoms with Gasteiger partial charge >= 0.3 is 5.97 Å². The summed E-state index contributed by atoms with van der Waals surface area (Å²) in [5.74, 6) is -0.850. The zero-order valence-electron chi connectivity index (χ0n) is 16.0. The standard InChI is InChI=1S/C21H21Cl2N3O3/c1-12(25-14-7-8-16(22)17(23)10-14)20(27)26-19(21(28)29-2)9-13-11-24-18-6-4-3-5-15(13)18/h3-8,10-12,19,24-25H,9H2,1-2H3,(H,26,27). The molecule has 1 aromatic heterocycles. The first-order valence-corrected chi connectivity index (χ1v) is 9.79. The number of carbonyl (C=O) groups is 2. The quantitative estimate of drug-likeness (QED) is 0.488. The van der Waals surface area contributed by atoms with E-state index >= 15 is 0 Å². The molecule has 2 aromatic carbocycles. The van der Waals surface area contributed by atoms with Crippen LogP contribution in [0.2, 0.25) is 10.0 Å². The number of H-pyrrole nitrogens is 1. The van der Waals surface area contributed by atoms with Crippen molar-refractivity contribution in [2.45, 2.75) is 25.4 Å². The Morgan fingerprint density at radius 2 is 1.90 bits per heavy atom. The van der Waals surface area contributed by atoms with E-state index in [1.165, 1.54) is 7.11 Å². The Morgan fingerprint density at radius 1 is 1.14 bits per heavy atom. The minimum absolute atomic E-state index is 0.307. The summed E-state index contributed by atoms with van der Waals surface area (Å²) in [6, 6.07) is 11.4. The molecule has 1 heterocycles. The predicted molar refractivity (Wildman–Crippen MR) is 115 cm³/mol. The van der Waals surface area contributed by atoms with E-state index in [2.05, 4.69) is 15.6 Å². The molecule has 0 aliphatic heterocycles. The number of aromatic amines is 1. The molecule has 152 valence electrons. The molecule has 0 saturated carbocycles. The minimum Gasteiger partial charge on any atom is -0.467 e. The van der Waals surface area contributed by atoms with Crippen LogP contribution in [0.4, 0.5) is 5.69 Å². The van der Waals surface area contributed by atoms with Crippen molar-refractivity contribution in [2.24, 2.45) is 0 Å². The predicted octanol–water partition coefficient (Wildman–Crippen LogP) is 4.18. The van der Waals surface area contributed by atoms with Gasteiger partial charge in [-0.15, -0.1) is 0 Å². The van der Waals surface area contributed by atoms with Crippen molar-refractivity contribution < 1.29 is 14.3 Å². The first-order valence-electron chi connectivity index (χ1n) is 9.04. The number of ether oxygens (including phenoxy) is 1. The fourth-order valence-electron chi connectivity index (χ4n) is 3.05. The Bertz CT molecular complexity index is 1030. The third-order valence-corrected chi connectivity index (χ3v) is 5.34. The highest BCUT2D eigenvalue weighted by atomic mass is 35.5. The number of hydrogen-bond donors (Lipinski definition) is 3. The number of halogens is 2. The molecule has 0 saturated heterocycles. The molecule has 0 bridgehead atoms. The van der Waals surface area contributed by atoms with Gasteiger partial charge in [0.15, 0.2) is 0 Å². The molecule has 29 heavy (non-hydrogen) atoms. The van der Waals surface area contributed by atoms with Crippen molar-refractivity contribution in [3.8, 4) is 0 Å². The minimum atomic E-state index is -0.815. The van der Waals surface area contributed by atoms with E-state index in [9.17, 15) is 9.59 Å². The first-order chi connectivity index (χ1) is 13.9. The summed E-state index contributed by atoms with van der Waals surface area (Å²) >= 11 is 11.9. The lowest BCUT2D eigenvalue weighted by atomic mass is 10.0. The molecule has 3 aromatic rings. The van der Waals surface area contributed by atoms with Crippen LogP contribution in [0.1, 0.15) is 12.5 Å². The zero-order chi connectivity index (χ0) is 21.0. The van der Waals surface area contributed by atoms with E-state index in [1.54, 1.807) is 25.1 Å². The number of anilines is 1. The topological polar surface area (TPSA) is 83.2 Å². The average Bonchev–Trinajstić information content (AvgIpc) is 3.12. The zero-order valence-corrected chi connectivity index (χ0v) is 17.5. The molecule has 0 spiro atoms. The molecule has 0 aliphatic rings. The smallest absolute Gasteiger partial charge is 0.328 e. The van der Waals surface area contributed by atoms with E-state index in [0.717, 1.165) is 16.5 Å². The van der Waals surface area contributed by atoms with Crippen molar-refractivity contribution in [3.05, 3.63) is 64.3 Å². The Labute approximate surface area is 178 Å². The average molecular weight is 434 g/mol. The van der Waals surface area contributed by atoms with Crippen molar-refractivity contribution in [1.29, 1.82) is 0 Å². The van der Waals surface area contributed by atoms with Crippen molar-refractivity contribution in [1.82, 2.24) is 10.3 Å². The Balaban J connectivity index is 1.71. The third-order valence-electron chi connectivity index (χ3n) is 4.60. The van der Waals surface area contributed by atoms with E-state index in [-0.39, 0.29) is 5.91 Å². The SMILES string of the molecule is COC(=O)C(Cc1c[nH]c2ccccc12)NC(=O)C(C)Nc1ccc(Cl)c(Cl)c1. The molecule has 0 fully saturated rings. The molecule has 2 atom stereocenters. The van der Waals surface area contributed by atoms with E-state index in [1.807, 2.05) is 30.5 Å². The summed E-state index contributed by atoms with van der Waals surface area (Å²) in [5.41, 5.74) is 2.53. The van der Waals surface area contributed by atoms with Gasteiger partial charge in [-0.3, -0.25) is 4.79 Å². The number of amides is 1. The molecule has 3 rings (SSSR count). The summed E-state index contributed by atoms with van der Waals surface area (Å²) in [6.45, 7) is 1.69. The van der Waals surface area contributed by atoms with Crippen molar-refractivity contribution in [2.75, 3.05) is 12.4 Å². The van der Waals surface area contributed by atoms with Gasteiger partial charge in [0.05, 0.1) is 17.2 Å². The van der Waals surface area contributed by atoms with E-state index in [4.69, 9.17) is 27.9 Å². The third kappa shape index (κ3) is 5.02. The number of hydrogen-bond acceptors (Lipinski definition) is 4. The summed E-state index contributed by atoms with van der Waals surface area (Å²) in [5, 5.41) is 7.63. The van der Waals surface area contributed by atoms with Gasteiger partial charge in [0.1, 0.15) is 12.1 Å². The Morgan fingerprint density at radius 3 is 2.62 bits per heavy atom. The lowest BCUT2D eigenvalue weighted by molar-refractivity contribution is -0.145. The summed E-state index contributed by atoms with van der Waals surface area (Å²) in [6.07, 6.45) is 2.14. The Hall–Kier alpha value is -2.70. The fourth-order valence-corrected chi connectivity index (χ4v) is 3.35. The van der Waals surface area contributed by atoms with Gasteiger partial charge in [-0.05, 0) is 36.8 Å². The summed E-state index contributed by atoms with van der Waals surface area (Å²) < 4.78 is 4.88. The van der Waals surface area contributed by atoms with Crippen molar-refractivity contribution >= 4 is 51.7 Å². The normalized spacial score (nSPS) is 13.0. The number of benzene rings is 2. The van der Waals surface area contributed by atoms with Crippen LogP contribution in [0.25, 0.3) is 10.9 Å². The summed E-state index contributed by atoms with van der Waals surface area (Å²) in [4.78, 5) is 28.1. The van der Waals surface area contributed by atoms with Crippen molar-refractivity contribution in [3.63, 3.8) is 0 Å². The van der Waals surface area contributed by atoms with E-state index in [0.29, 0.717) is 22.2 Å². The number of fused-ring (bicyclic) bond motifs is 1. The molecule has 8 heteroatoms. The maximum Gasteiger partial charge on any atom is 0.328 e. The second kappa shape index (κ2) is 9.20. The van der Waals surface area contributed by atoms with Gasteiger partial charge in [0.2, 0.25) is 5.91 Å². The number of methoxy groups -OCH3 is 1. The van der Waals surface area contributed by atoms with Crippen LogP contribution in [-0.4, -0.2) is 36.1 Å². The molecule has 3 N–H and O–H groups in total. The number of rotatable bonds is 7. The fraction of sp³-hybridized carbons (Fsp3) is 0.238. The van der Waals surface area contributed by atoms with Gasteiger partial charge in [-0.25, -0.2) is 4.79 Å². The molecular formula is C21H21Cl2N3O3. The highest BCUT2D eigenvalue weighted by Crippen LogP contribution is 2.25. The molecule has 1 amide bonds. The van der Waals surface area contributed by atoms with Gasteiger partial charge in [-0.2, -0.15) is 0 Å². The van der Waals surface area contributed by atoms with Crippen LogP contribution in [0.5, 0.6) is 0 Å². The number of esters is 1. The molecular weight excluding hydrogens is 413 g/mol. The van der Waals surface area contributed by atoms with Gasteiger partial charge in [0, 0.05) is 29.2 Å². The number of para-hydroxylation sites is 1. The highest BCUT2D eigenvalue weighted by molar-refractivity contribution is 6.42. The van der Waals surface area contributed by atoms with Crippen LogP contribution >= 0.6 is 23.2 Å². The molecule has 0 aliphatic carbocycles. The van der Waals surface area contributed by atoms with Crippen LogP contribution in [0.3, 0.4) is 0 Å². The second-order valence-electron chi connectivity index (χ2n) is 6.64. The lowest BCUT2D eigenvalue weighted by Crippen LogP contribution is -2.48. The van der Waals surface area contributed by atoms with Gasteiger partial charge in [-0.1, -0.05) is 41.4 Å². The van der Waals surface area contributed by atoms with Crippen LogP contribution < -0.4 is 10.6 Å². The molecule has 6 nitrogen and oxygen atoms in total. The van der Waals surface area contributed by atoms with E-state index < -0.39 is 18.1 Å². The number of nitrogens with one attached hydrogen (secondary N) is 3. The highest BCUT2D eigenvalue weighted by Gasteiger charge is 2.25. The van der Waals surface area contributed by atoms with Gasteiger partial charge in [0.25, 0.3) is 0 Å². The first kappa shape index (κ1) is 21.0. The molecule has 0 radical (unpaired) electrons. The monoisotopic (exact) mass is 433 g/mol. The summed E-state index contributed by atoms with van der Waals surface area (Å²) in [7, 11) is 1.30. The van der Waals surface area contributed by atoms with Crippen LogP contribution in [0, 0.1) is 0 Å². The van der Waals surface area contributed by atoms with Gasteiger partial charge < -0.3 is 20.4 Å². The number of aromatic nitrogens is 1. The maximum absolute atomic E-state index is 12.7. The second-order valence-corrected chi connectivity index (χ2v) is 7.46.